The highest BCUT2D eigenvalue weighted by Crippen LogP contribution is 2.23. The third kappa shape index (κ3) is 2.97. The lowest BCUT2D eigenvalue weighted by atomic mass is 9.95. The normalized spacial score (nSPS) is 16.0. The number of nitrogens with zero attached hydrogens (tertiary/aromatic N) is 5. The molecule has 5 nitrogen and oxygen atoms in total. The van der Waals surface area contributed by atoms with Gasteiger partial charge >= 0.3 is 0 Å². The van der Waals surface area contributed by atoms with Crippen molar-refractivity contribution in [1.82, 2.24) is 24.4 Å². The van der Waals surface area contributed by atoms with Crippen LogP contribution in [0.4, 0.5) is 0 Å². The van der Waals surface area contributed by atoms with Gasteiger partial charge in [0.2, 0.25) is 0 Å². The molecule has 0 spiro atoms. The molecule has 1 aliphatic heterocycles. The van der Waals surface area contributed by atoms with Crippen molar-refractivity contribution in [2.45, 2.75) is 45.7 Å². The monoisotopic (exact) mass is 285 g/mol. The number of imidazole rings is 1. The maximum atomic E-state index is 4.78. The Morgan fingerprint density at radius 1 is 1.24 bits per heavy atom. The molecule has 0 aromatic carbocycles. The van der Waals surface area contributed by atoms with Gasteiger partial charge in [-0.3, -0.25) is 4.90 Å². The highest BCUT2D eigenvalue weighted by atomic mass is 15.2. The van der Waals surface area contributed by atoms with E-state index in [-0.39, 0.29) is 5.41 Å². The van der Waals surface area contributed by atoms with Crippen molar-refractivity contribution < 1.29 is 0 Å². The molecular formula is C16H23N5. The average Bonchev–Trinajstić information content (AvgIpc) is 2.82. The Kier molecular flexibility index (Phi) is 3.53. The summed E-state index contributed by atoms with van der Waals surface area (Å²) >= 11 is 0. The van der Waals surface area contributed by atoms with E-state index < -0.39 is 0 Å². The molecule has 2 aromatic heterocycles. The van der Waals surface area contributed by atoms with Crippen molar-refractivity contribution in [3.05, 3.63) is 41.5 Å². The van der Waals surface area contributed by atoms with E-state index in [1.54, 1.807) is 0 Å². The molecule has 21 heavy (non-hydrogen) atoms. The van der Waals surface area contributed by atoms with Gasteiger partial charge in [-0.15, -0.1) is 0 Å². The summed E-state index contributed by atoms with van der Waals surface area (Å²) in [5.74, 6) is 0.946. The van der Waals surface area contributed by atoms with Crippen LogP contribution in [0.3, 0.4) is 0 Å². The first kappa shape index (κ1) is 14.2. The van der Waals surface area contributed by atoms with Crippen molar-refractivity contribution in [1.29, 1.82) is 0 Å². The first-order valence-electron chi connectivity index (χ1n) is 7.46. The molecule has 0 unspecified atom stereocenters. The van der Waals surface area contributed by atoms with Gasteiger partial charge in [0.05, 0.1) is 12.0 Å². The van der Waals surface area contributed by atoms with Crippen molar-refractivity contribution in [3.8, 4) is 0 Å². The Morgan fingerprint density at radius 2 is 2.05 bits per heavy atom. The molecule has 5 heteroatoms. The number of fused-ring (bicyclic) bond motifs is 1. The number of rotatable bonds is 2. The molecule has 0 saturated carbocycles. The molecule has 3 heterocycles. The van der Waals surface area contributed by atoms with Crippen LogP contribution in [0.15, 0.2) is 18.7 Å². The van der Waals surface area contributed by atoms with Gasteiger partial charge in [-0.2, -0.15) is 0 Å². The summed E-state index contributed by atoms with van der Waals surface area (Å²) in [7, 11) is 2.04. The summed E-state index contributed by atoms with van der Waals surface area (Å²) in [6.45, 7) is 9.37. The van der Waals surface area contributed by atoms with Gasteiger partial charge in [0.1, 0.15) is 5.82 Å². The molecule has 0 saturated heterocycles. The zero-order valence-corrected chi connectivity index (χ0v) is 13.3. The lowest BCUT2D eigenvalue weighted by Gasteiger charge is -2.29. The molecular weight excluding hydrogens is 262 g/mol. The second kappa shape index (κ2) is 5.22. The number of hydrogen-bond acceptors (Lipinski definition) is 4. The van der Waals surface area contributed by atoms with Crippen molar-refractivity contribution >= 4 is 0 Å². The molecule has 0 atom stereocenters. The molecule has 3 rings (SSSR count). The molecule has 112 valence electrons. The molecule has 1 aliphatic rings. The van der Waals surface area contributed by atoms with Gasteiger partial charge in [0, 0.05) is 62.2 Å². The Hall–Kier alpha value is -1.75. The minimum absolute atomic E-state index is 0.0148. The van der Waals surface area contributed by atoms with Crippen molar-refractivity contribution in [3.63, 3.8) is 0 Å². The molecule has 0 bridgehead atoms. The second-order valence-corrected chi connectivity index (χ2v) is 6.87. The van der Waals surface area contributed by atoms with E-state index in [0.717, 1.165) is 31.9 Å². The lowest BCUT2D eigenvalue weighted by molar-refractivity contribution is 0.237. The Labute approximate surface area is 126 Å². The minimum atomic E-state index is 0.0148. The number of aromatic nitrogens is 4. The average molecular weight is 285 g/mol. The summed E-state index contributed by atoms with van der Waals surface area (Å²) in [5, 5.41) is 0. The topological polar surface area (TPSA) is 46.8 Å². The van der Waals surface area contributed by atoms with Gasteiger partial charge in [0.15, 0.2) is 0 Å². The van der Waals surface area contributed by atoms with Crippen LogP contribution < -0.4 is 0 Å². The van der Waals surface area contributed by atoms with Crippen LogP contribution >= 0.6 is 0 Å². The summed E-state index contributed by atoms with van der Waals surface area (Å²) in [6.07, 6.45) is 6.80. The molecule has 0 N–H and O–H groups in total. The smallest absolute Gasteiger partial charge is 0.133 e. The van der Waals surface area contributed by atoms with E-state index in [0.29, 0.717) is 0 Å². The molecule has 0 aliphatic carbocycles. The fourth-order valence-electron chi connectivity index (χ4n) is 2.64. The first-order chi connectivity index (χ1) is 9.93. The fourth-order valence-corrected chi connectivity index (χ4v) is 2.64. The second-order valence-electron chi connectivity index (χ2n) is 6.87. The summed E-state index contributed by atoms with van der Waals surface area (Å²) in [5.41, 5.74) is 3.74. The van der Waals surface area contributed by atoms with Crippen LogP contribution in [0.25, 0.3) is 0 Å². The quantitative estimate of drug-likeness (QED) is 0.847. The van der Waals surface area contributed by atoms with Gasteiger partial charge in [-0.25, -0.2) is 15.0 Å². The Bertz CT molecular complexity index is 638. The zero-order valence-electron chi connectivity index (χ0n) is 13.3. The Morgan fingerprint density at radius 3 is 2.71 bits per heavy atom. The van der Waals surface area contributed by atoms with Crippen LogP contribution in [0, 0.1) is 0 Å². The molecule has 0 fully saturated rings. The molecule has 2 aromatic rings. The van der Waals surface area contributed by atoms with Crippen molar-refractivity contribution in [2.24, 2.45) is 7.05 Å². The van der Waals surface area contributed by atoms with Gasteiger partial charge in [-0.1, -0.05) is 20.8 Å². The highest BCUT2D eigenvalue weighted by molar-refractivity contribution is 5.22. The van der Waals surface area contributed by atoms with Gasteiger partial charge in [-0.05, 0) is 0 Å². The number of aryl methyl sites for hydroxylation is 1. The van der Waals surface area contributed by atoms with Gasteiger partial charge < -0.3 is 4.57 Å². The van der Waals surface area contributed by atoms with E-state index in [9.17, 15) is 0 Å². The fraction of sp³-hybridized carbons (Fsp3) is 0.562. The van der Waals surface area contributed by atoms with Crippen LogP contribution in [-0.4, -0.2) is 31.0 Å². The predicted octanol–water partition coefficient (Wildman–Crippen LogP) is 2.07. The maximum absolute atomic E-state index is 4.78. The zero-order chi connectivity index (χ0) is 15.0. The van der Waals surface area contributed by atoms with Gasteiger partial charge in [0.25, 0.3) is 0 Å². The van der Waals surface area contributed by atoms with E-state index in [2.05, 4.69) is 40.2 Å². The maximum Gasteiger partial charge on any atom is 0.133 e. The van der Waals surface area contributed by atoms with Crippen LogP contribution in [0.2, 0.25) is 0 Å². The largest absolute Gasteiger partial charge is 0.337 e. The summed E-state index contributed by atoms with van der Waals surface area (Å²) in [4.78, 5) is 15.9. The van der Waals surface area contributed by atoms with E-state index in [4.69, 9.17) is 4.98 Å². The SMILES string of the molecule is Cn1cncc1CN1CCc2nc(C(C)(C)C)ncc2C1. The lowest BCUT2D eigenvalue weighted by Crippen LogP contribution is -2.32. The molecule has 0 amide bonds. The number of hydrogen-bond donors (Lipinski definition) is 0. The third-order valence-corrected chi connectivity index (χ3v) is 3.99. The van der Waals surface area contributed by atoms with E-state index in [1.165, 1.54) is 17.0 Å². The van der Waals surface area contributed by atoms with E-state index in [1.807, 2.05) is 25.8 Å². The third-order valence-electron chi connectivity index (χ3n) is 3.99. The minimum Gasteiger partial charge on any atom is -0.337 e. The molecule has 0 radical (unpaired) electrons. The van der Waals surface area contributed by atoms with E-state index >= 15 is 0 Å². The summed E-state index contributed by atoms with van der Waals surface area (Å²) < 4.78 is 2.08. The van der Waals surface area contributed by atoms with Crippen LogP contribution in [0.1, 0.15) is 43.5 Å². The van der Waals surface area contributed by atoms with Crippen LogP contribution in [-0.2, 0) is 32.0 Å². The summed E-state index contributed by atoms with van der Waals surface area (Å²) in [6, 6.07) is 0. The van der Waals surface area contributed by atoms with Crippen molar-refractivity contribution in [2.75, 3.05) is 6.54 Å². The standard InChI is InChI=1S/C16H23N5/c1-16(2,3)15-18-7-12-9-21(6-5-14(12)19-15)10-13-8-17-11-20(13)4/h7-8,11H,5-6,9-10H2,1-4H3. The predicted molar refractivity (Wildman–Crippen MR) is 81.8 cm³/mol. The highest BCUT2D eigenvalue weighted by Gasteiger charge is 2.23. The first-order valence-corrected chi connectivity index (χ1v) is 7.46. The van der Waals surface area contributed by atoms with Crippen LogP contribution in [0.5, 0.6) is 0 Å². The Balaban J connectivity index is 1.76.